The van der Waals surface area contributed by atoms with Crippen LogP contribution in [0.15, 0.2) is 24.3 Å². The number of benzene rings is 1. The fraction of sp³-hybridized carbons (Fsp3) is 0.533. The summed E-state index contributed by atoms with van der Waals surface area (Å²) in [7, 11) is 1.65. The fourth-order valence-electron chi connectivity index (χ4n) is 1.61. The third kappa shape index (κ3) is 5.75. The Balaban J connectivity index is 2.35. The van der Waals surface area contributed by atoms with Crippen LogP contribution in [-0.2, 0) is 11.3 Å². The number of hydrogen-bond donors (Lipinski definition) is 2. The lowest BCUT2D eigenvalue weighted by molar-refractivity contribution is -0.121. The number of nitrogens with one attached hydrogen (secondary N) is 2. The Morgan fingerprint density at radius 2 is 2.11 bits per heavy atom. The van der Waals surface area contributed by atoms with E-state index < -0.39 is 0 Å². The molecule has 0 aliphatic carbocycles. The van der Waals surface area contributed by atoms with Crippen LogP contribution in [0, 0.1) is 0 Å². The van der Waals surface area contributed by atoms with E-state index in [1.54, 1.807) is 7.11 Å². The molecule has 0 saturated heterocycles. The predicted octanol–water partition coefficient (Wildman–Crippen LogP) is 2.09. The van der Waals surface area contributed by atoms with Crippen LogP contribution in [0.4, 0.5) is 0 Å². The van der Waals surface area contributed by atoms with Gasteiger partial charge in [-0.1, -0.05) is 19.1 Å². The molecule has 0 radical (unpaired) electrons. The van der Waals surface area contributed by atoms with E-state index in [1.807, 2.05) is 38.1 Å². The van der Waals surface area contributed by atoms with Crippen LogP contribution >= 0.6 is 0 Å². The first-order valence-corrected chi connectivity index (χ1v) is 6.61. The van der Waals surface area contributed by atoms with Crippen LogP contribution < -0.4 is 15.4 Å². The molecule has 0 aliphatic heterocycles. The number of amides is 1. The van der Waals surface area contributed by atoms with E-state index in [-0.39, 0.29) is 11.4 Å². The van der Waals surface area contributed by atoms with Gasteiger partial charge in [-0.15, -0.1) is 0 Å². The molecule has 0 aliphatic rings. The van der Waals surface area contributed by atoms with Crippen molar-refractivity contribution in [1.29, 1.82) is 0 Å². The molecule has 0 unspecified atom stereocenters. The van der Waals surface area contributed by atoms with Crippen LogP contribution in [0.25, 0.3) is 0 Å². The third-order valence-corrected chi connectivity index (χ3v) is 3.11. The summed E-state index contributed by atoms with van der Waals surface area (Å²) in [6.45, 7) is 7.07. The van der Waals surface area contributed by atoms with Crippen molar-refractivity contribution in [2.45, 2.75) is 39.3 Å². The Hall–Kier alpha value is -1.55. The normalized spacial score (nSPS) is 11.2. The second kappa shape index (κ2) is 7.14. The van der Waals surface area contributed by atoms with Crippen LogP contribution in [0.1, 0.15) is 32.8 Å². The maximum atomic E-state index is 11.7. The summed E-state index contributed by atoms with van der Waals surface area (Å²) in [6, 6.07) is 7.81. The van der Waals surface area contributed by atoms with Gasteiger partial charge in [0.2, 0.25) is 5.91 Å². The summed E-state index contributed by atoms with van der Waals surface area (Å²) < 4.78 is 5.16. The lowest BCUT2D eigenvalue weighted by atomic mass is 10.0. The highest BCUT2D eigenvalue weighted by atomic mass is 16.5. The monoisotopic (exact) mass is 264 g/mol. The second-order valence-electron chi connectivity index (χ2n) is 5.24. The van der Waals surface area contributed by atoms with E-state index in [9.17, 15) is 4.79 Å². The maximum absolute atomic E-state index is 11.7. The number of rotatable bonds is 7. The number of ether oxygens (including phenoxy) is 1. The minimum absolute atomic E-state index is 0.0229. The smallest absolute Gasteiger partial charge is 0.234 e. The molecule has 0 atom stereocenters. The highest BCUT2D eigenvalue weighted by Gasteiger charge is 2.16. The Morgan fingerprint density at radius 1 is 1.37 bits per heavy atom. The Morgan fingerprint density at radius 3 is 2.74 bits per heavy atom. The van der Waals surface area contributed by atoms with E-state index >= 15 is 0 Å². The number of carbonyl (C=O) groups is 1. The fourth-order valence-corrected chi connectivity index (χ4v) is 1.61. The van der Waals surface area contributed by atoms with Gasteiger partial charge in [0.25, 0.3) is 0 Å². The van der Waals surface area contributed by atoms with Crippen LogP contribution in [0.2, 0.25) is 0 Å². The molecule has 2 N–H and O–H groups in total. The average molecular weight is 264 g/mol. The van der Waals surface area contributed by atoms with E-state index in [0.717, 1.165) is 17.7 Å². The van der Waals surface area contributed by atoms with Gasteiger partial charge in [0.1, 0.15) is 5.75 Å². The van der Waals surface area contributed by atoms with Gasteiger partial charge in [-0.3, -0.25) is 4.79 Å². The summed E-state index contributed by atoms with van der Waals surface area (Å²) in [6.07, 6.45) is 0.911. The average Bonchev–Trinajstić information content (AvgIpc) is 2.38. The van der Waals surface area contributed by atoms with Crippen molar-refractivity contribution in [3.63, 3.8) is 0 Å². The van der Waals surface area contributed by atoms with E-state index in [2.05, 4.69) is 17.6 Å². The summed E-state index contributed by atoms with van der Waals surface area (Å²) >= 11 is 0. The quantitative estimate of drug-likeness (QED) is 0.793. The lowest BCUT2D eigenvalue weighted by Gasteiger charge is -2.24. The topological polar surface area (TPSA) is 50.4 Å². The van der Waals surface area contributed by atoms with Gasteiger partial charge < -0.3 is 15.4 Å². The Labute approximate surface area is 115 Å². The molecular formula is C15H24N2O2. The third-order valence-electron chi connectivity index (χ3n) is 3.11. The van der Waals surface area contributed by atoms with Crippen molar-refractivity contribution < 1.29 is 9.53 Å². The molecule has 1 aromatic carbocycles. The molecule has 4 heteroatoms. The molecule has 19 heavy (non-hydrogen) atoms. The minimum atomic E-state index is -0.144. The van der Waals surface area contributed by atoms with Crippen molar-refractivity contribution in [3.05, 3.63) is 29.8 Å². The van der Waals surface area contributed by atoms with Gasteiger partial charge in [0.05, 0.1) is 13.7 Å². The van der Waals surface area contributed by atoms with Crippen molar-refractivity contribution in [2.75, 3.05) is 13.7 Å². The molecule has 0 saturated carbocycles. The molecule has 1 rings (SSSR count). The van der Waals surface area contributed by atoms with Crippen LogP contribution in [-0.4, -0.2) is 25.1 Å². The Bertz CT molecular complexity index is 416. The number of carbonyl (C=O) groups excluding carboxylic acids is 1. The zero-order chi connectivity index (χ0) is 14.3. The SMILES string of the molecule is CCC(C)(C)NC(=O)CNCc1cccc(OC)c1. The number of hydrogen-bond acceptors (Lipinski definition) is 3. The summed E-state index contributed by atoms with van der Waals surface area (Å²) in [5, 5.41) is 6.12. The van der Waals surface area contributed by atoms with Crippen molar-refractivity contribution >= 4 is 5.91 Å². The van der Waals surface area contributed by atoms with E-state index in [1.165, 1.54) is 0 Å². The Kier molecular flexibility index (Phi) is 5.83. The molecule has 106 valence electrons. The summed E-state index contributed by atoms with van der Waals surface area (Å²) in [5.41, 5.74) is 0.955. The van der Waals surface area contributed by atoms with Gasteiger partial charge in [-0.05, 0) is 38.0 Å². The van der Waals surface area contributed by atoms with Gasteiger partial charge in [0.15, 0.2) is 0 Å². The first-order chi connectivity index (χ1) is 8.96. The maximum Gasteiger partial charge on any atom is 0.234 e. The van der Waals surface area contributed by atoms with Crippen molar-refractivity contribution in [2.24, 2.45) is 0 Å². The highest BCUT2D eigenvalue weighted by Crippen LogP contribution is 2.12. The molecule has 1 amide bonds. The van der Waals surface area contributed by atoms with Gasteiger partial charge in [-0.25, -0.2) is 0 Å². The minimum Gasteiger partial charge on any atom is -0.497 e. The molecule has 0 spiro atoms. The lowest BCUT2D eigenvalue weighted by Crippen LogP contribution is -2.46. The zero-order valence-corrected chi connectivity index (χ0v) is 12.2. The highest BCUT2D eigenvalue weighted by molar-refractivity contribution is 5.78. The molecule has 0 fully saturated rings. The van der Waals surface area contributed by atoms with Crippen LogP contribution in [0.3, 0.4) is 0 Å². The molecule has 0 heterocycles. The molecule has 0 bridgehead atoms. The number of methoxy groups -OCH3 is 1. The molecule has 1 aromatic rings. The summed E-state index contributed by atoms with van der Waals surface area (Å²) in [4.78, 5) is 11.7. The first kappa shape index (κ1) is 15.5. The standard InChI is InChI=1S/C15H24N2O2/c1-5-15(2,3)17-14(18)11-16-10-12-7-6-8-13(9-12)19-4/h6-9,16H,5,10-11H2,1-4H3,(H,17,18). The predicted molar refractivity (Wildman–Crippen MR) is 77.2 cm³/mol. The van der Waals surface area contributed by atoms with E-state index in [4.69, 9.17) is 4.74 Å². The molecule has 4 nitrogen and oxygen atoms in total. The first-order valence-electron chi connectivity index (χ1n) is 6.61. The largest absolute Gasteiger partial charge is 0.497 e. The van der Waals surface area contributed by atoms with Crippen molar-refractivity contribution in [1.82, 2.24) is 10.6 Å². The zero-order valence-electron chi connectivity index (χ0n) is 12.2. The molecular weight excluding hydrogens is 240 g/mol. The summed E-state index contributed by atoms with van der Waals surface area (Å²) in [5.74, 6) is 0.852. The van der Waals surface area contributed by atoms with E-state index in [0.29, 0.717) is 13.1 Å². The van der Waals surface area contributed by atoms with Gasteiger partial charge >= 0.3 is 0 Å². The molecule has 0 aromatic heterocycles. The van der Waals surface area contributed by atoms with Gasteiger partial charge in [0, 0.05) is 12.1 Å². The van der Waals surface area contributed by atoms with Gasteiger partial charge in [-0.2, -0.15) is 0 Å². The van der Waals surface area contributed by atoms with Crippen molar-refractivity contribution in [3.8, 4) is 5.75 Å². The van der Waals surface area contributed by atoms with Crippen LogP contribution in [0.5, 0.6) is 5.75 Å². The second-order valence-corrected chi connectivity index (χ2v) is 5.24.